The fourth-order valence-corrected chi connectivity index (χ4v) is 4.31. The fourth-order valence-electron chi connectivity index (χ4n) is 2.61. The number of nitrogens with zero attached hydrogens (tertiary/aromatic N) is 2. The maximum absolute atomic E-state index is 12.6. The minimum absolute atomic E-state index is 0.0570. The highest BCUT2D eigenvalue weighted by Gasteiger charge is 2.27. The van der Waals surface area contributed by atoms with E-state index in [0.717, 1.165) is 5.69 Å². The van der Waals surface area contributed by atoms with Crippen LogP contribution in [-0.4, -0.2) is 31.3 Å². The van der Waals surface area contributed by atoms with Crippen LogP contribution < -0.4 is 9.46 Å². The third kappa shape index (κ3) is 2.97. The normalized spacial score (nSPS) is 18.0. The lowest BCUT2D eigenvalue weighted by Crippen LogP contribution is -2.40. The molecule has 1 aromatic heterocycles. The van der Waals surface area contributed by atoms with E-state index in [1.54, 1.807) is 18.3 Å². The number of aryl methyl sites for hydroxylation is 1. The van der Waals surface area contributed by atoms with Crippen LogP contribution in [0.4, 0.5) is 0 Å². The molecule has 0 saturated heterocycles. The average molecular weight is 342 g/mol. The summed E-state index contributed by atoms with van der Waals surface area (Å²) in [5, 5.41) is 4.54. The molecule has 1 atom stereocenters. The molecule has 3 rings (SSSR count). The molecule has 2 heterocycles. The Hall–Kier alpha value is -1.57. The van der Waals surface area contributed by atoms with Crippen molar-refractivity contribution in [2.75, 3.05) is 7.11 Å². The van der Waals surface area contributed by atoms with E-state index in [2.05, 4.69) is 9.82 Å². The van der Waals surface area contributed by atoms with Gasteiger partial charge in [0, 0.05) is 35.9 Å². The van der Waals surface area contributed by atoms with E-state index in [9.17, 15) is 8.42 Å². The molecule has 6 nitrogen and oxygen atoms in total. The van der Waals surface area contributed by atoms with Gasteiger partial charge >= 0.3 is 0 Å². The molecule has 0 amide bonds. The SMILES string of the molecule is COc1ccc(Cl)cc1S(=O)(=O)N[C@@H]1CCn2nccc2C1. The molecule has 0 aliphatic carbocycles. The summed E-state index contributed by atoms with van der Waals surface area (Å²) >= 11 is 5.92. The van der Waals surface area contributed by atoms with Crippen LogP contribution in [0.2, 0.25) is 5.02 Å². The molecule has 0 radical (unpaired) electrons. The molecule has 2 aromatic rings. The van der Waals surface area contributed by atoms with Gasteiger partial charge in [-0.25, -0.2) is 13.1 Å². The van der Waals surface area contributed by atoms with Crippen molar-refractivity contribution in [2.24, 2.45) is 0 Å². The zero-order valence-corrected chi connectivity index (χ0v) is 13.6. The Morgan fingerprint density at radius 1 is 1.41 bits per heavy atom. The number of sulfonamides is 1. The number of rotatable bonds is 4. The van der Waals surface area contributed by atoms with E-state index in [4.69, 9.17) is 16.3 Å². The number of nitrogens with one attached hydrogen (secondary N) is 1. The van der Waals surface area contributed by atoms with Crippen LogP contribution in [0.5, 0.6) is 5.75 Å². The number of hydrogen-bond donors (Lipinski definition) is 1. The highest BCUT2D eigenvalue weighted by molar-refractivity contribution is 7.89. The minimum Gasteiger partial charge on any atom is -0.495 e. The monoisotopic (exact) mass is 341 g/mol. The van der Waals surface area contributed by atoms with Crippen LogP contribution >= 0.6 is 11.6 Å². The molecule has 0 bridgehead atoms. The zero-order valence-electron chi connectivity index (χ0n) is 12.0. The second kappa shape index (κ2) is 5.91. The Bertz CT molecular complexity index is 788. The number of halogens is 1. The smallest absolute Gasteiger partial charge is 0.244 e. The molecule has 1 aromatic carbocycles. The first-order valence-corrected chi connectivity index (χ1v) is 8.72. The summed E-state index contributed by atoms with van der Waals surface area (Å²) < 4.78 is 35.0. The van der Waals surface area contributed by atoms with Crippen molar-refractivity contribution in [3.05, 3.63) is 41.2 Å². The maximum atomic E-state index is 12.6. The van der Waals surface area contributed by atoms with Gasteiger partial charge in [0.2, 0.25) is 10.0 Å². The maximum Gasteiger partial charge on any atom is 0.244 e. The molecule has 0 spiro atoms. The zero-order chi connectivity index (χ0) is 15.7. The Balaban J connectivity index is 1.84. The highest BCUT2D eigenvalue weighted by Crippen LogP contribution is 2.27. The molecule has 0 unspecified atom stereocenters. The first kappa shape index (κ1) is 15.3. The largest absolute Gasteiger partial charge is 0.495 e. The fraction of sp³-hybridized carbons (Fsp3) is 0.357. The summed E-state index contributed by atoms with van der Waals surface area (Å²) in [7, 11) is -2.27. The number of methoxy groups -OCH3 is 1. The minimum atomic E-state index is -3.70. The summed E-state index contributed by atoms with van der Waals surface area (Å²) in [6.45, 7) is 0.697. The number of hydrogen-bond acceptors (Lipinski definition) is 4. The van der Waals surface area contributed by atoms with Crippen molar-refractivity contribution in [1.82, 2.24) is 14.5 Å². The van der Waals surface area contributed by atoms with Gasteiger partial charge in [-0.1, -0.05) is 11.6 Å². The van der Waals surface area contributed by atoms with Gasteiger partial charge in [-0.05, 0) is 30.7 Å². The van der Waals surface area contributed by atoms with Crippen LogP contribution in [0, 0.1) is 0 Å². The van der Waals surface area contributed by atoms with Crippen LogP contribution in [0.1, 0.15) is 12.1 Å². The van der Waals surface area contributed by atoms with Crippen LogP contribution in [0.25, 0.3) is 0 Å². The quantitative estimate of drug-likeness (QED) is 0.921. The standard InChI is InChI=1S/C14H16ClN3O3S/c1-21-13-3-2-10(15)8-14(13)22(19,20)17-11-5-7-18-12(9-11)4-6-16-18/h2-4,6,8,11,17H,5,7,9H2,1H3/t11-/m1/s1. The van der Waals surface area contributed by atoms with Crippen LogP contribution in [0.3, 0.4) is 0 Å². The van der Waals surface area contributed by atoms with E-state index in [0.29, 0.717) is 24.4 Å². The molecule has 22 heavy (non-hydrogen) atoms. The highest BCUT2D eigenvalue weighted by atomic mass is 35.5. The van der Waals surface area contributed by atoms with Gasteiger partial charge in [0.15, 0.2) is 0 Å². The summed E-state index contributed by atoms with van der Waals surface area (Å²) in [5.41, 5.74) is 1.03. The Morgan fingerprint density at radius 3 is 3.00 bits per heavy atom. The van der Waals surface area contributed by atoms with Crippen molar-refractivity contribution in [1.29, 1.82) is 0 Å². The second-order valence-electron chi connectivity index (χ2n) is 5.15. The van der Waals surface area contributed by atoms with E-state index in [-0.39, 0.29) is 16.7 Å². The van der Waals surface area contributed by atoms with Gasteiger partial charge < -0.3 is 4.74 Å². The predicted octanol–water partition coefficient (Wildman–Crippen LogP) is 1.84. The lowest BCUT2D eigenvalue weighted by atomic mass is 10.1. The van der Waals surface area contributed by atoms with Crippen molar-refractivity contribution >= 4 is 21.6 Å². The molecule has 1 aliphatic heterocycles. The number of ether oxygens (including phenoxy) is 1. The summed E-state index contributed by atoms with van der Waals surface area (Å²) in [5.74, 6) is 0.276. The average Bonchev–Trinajstić information content (AvgIpc) is 2.94. The van der Waals surface area contributed by atoms with Gasteiger partial charge in [-0.15, -0.1) is 0 Å². The summed E-state index contributed by atoms with van der Waals surface area (Å²) in [6.07, 6.45) is 3.03. The number of benzene rings is 1. The van der Waals surface area contributed by atoms with Crippen LogP contribution in [-0.2, 0) is 23.0 Å². The second-order valence-corrected chi connectivity index (χ2v) is 7.27. The molecule has 1 aliphatic rings. The molecule has 0 fully saturated rings. The van der Waals surface area contributed by atoms with Crippen molar-refractivity contribution < 1.29 is 13.2 Å². The molecule has 1 N–H and O–H groups in total. The molecule has 0 saturated carbocycles. The predicted molar refractivity (Wildman–Crippen MR) is 82.7 cm³/mol. The van der Waals surface area contributed by atoms with E-state index in [1.165, 1.54) is 13.2 Å². The van der Waals surface area contributed by atoms with E-state index in [1.807, 2.05) is 10.7 Å². The molecule has 8 heteroatoms. The molecule has 118 valence electrons. The summed E-state index contributed by atoms with van der Waals surface area (Å²) in [4.78, 5) is 0.0570. The summed E-state index contributed by atoms with van der Waals surface area (Å²) in [6, 6.07) is 6.28. The Morgan fingerprint density at radius 2 is 2.23 bits per heavy atom. The Labute approximate surface area is 134 Å². The van der Waals surface area contributed by atoms with Gasteiger partial charge in [0.1, 0.15) is 10.6 Å². The van der Waals surface area contributed by atoms with E-state index >= 15 is 0 Å². The van der Waals surface area contributed by atoms with Gasteiger partial charge in [0.05, 0.1) is 7.11 Å². The topological polar surface area (TPSA) is 73.2 Å². The van der Waals surface area contributed by atoms with Gasteiger partial charge in [0.25, 0.3) is 0 Å². The lowest BCUT2D eigenvalue weighted by molar-refractivity contribution is 0.398. The first-order valence-electron chi connectivity index (χ1n) is 6.86. The van der Waals surface area contributed by atoms with Crippen molar-refractivity contribution in [3.63, 3.8) is 0 Å². The van der Waals surface area contributed by atoms with Crippen LogP contribution in [0.15, 0.2) is 35.4 Å². The van der Waals surface area contributed by atoms with Crippen molar-refractivity contribution in [3.8, 4) is 5.75 Å². The van der Waals surface area contributed by atoms with Gasteiger partial charge in [-0.2, -0.15) is 5.10 Å². The Kier molecular flexibility index (Phi) is 4.12. The lowest BCUT2D eigenvalue weighted by Gasteiger charge is -2.24. The van der Waals surface area contributed by atoms with E-state index < -0.39 is 10.0 Å². The third-order valence-electron chi connectivity index (χ3n) is 3.69. The van der Waals surface area contributed by atoms with Crippen molar-refractivity contribution in [2.45, 2.75) is 30.3 Å². The molecular weight excluding hydrogens is 326 g/mol. The van der Waals surface area contributed by atoms with Gasteiger partial charge in [-0.3, -0.25) is 4.68 Å². The first-order chi connectivity index (χ1) is 10.5. The number of aromatic nitrogens is 2. The third-order valence-corrected chi connectivity index (χ3v) is 5.46. The molecular formula is C14H16ClN3O3S. The number of fused-ring (bicyclic) bond motifs is 1.